The van der Waals surface area contributed by atoms with Gasteiger partial charge < -0.3 is 9.47 Å². The molecule has 1 aliphatic heterocycles. The molecule has 0 atom stereocenters. The molecule has 0 saturated heterocycles. The molecule has 2 aromatic rings. The first kappa shape index (κ1) is 24.2. The highest BCUT2D eigenvalue weighted by molar-refractivity contribution is 6.33. The Hall–Kier alpha value is -1.94. The van der Waals surface area contributed by atoms with E-state index in [0.717, 1.165) is 28.9 Å². The molecule has 0 N–H and O–H groups in total. The monoisotopic (exact) mass is 494 g/mol. The van der Waals surface area contributed by atoms with Gasteiger partial charge >= 0.3 is 12.4 Å². The van der Waals surface area contributed by atoms with Gasteiger partial charge in [-0.15, -0.1) is 0 Å². The number of imidazole rings is 1. The SMILES string of the molecule is Cc1cc(C)c(N2CCCn3c2nc(C(F)(F)F)c3CN(CC2CC2)CC(F)(F)F)c(Cl)c1. The molecular weight excluding hydrogens is 470 g/mol. The predicted molar refractivity (Wildman–Crippen MR) is 114 cm³/mol. The number of aryl methyl sites for hydroxylation is 2. The lowest BCUT2D eigenvalue weighted by molar-refractivity contribution is -0.149. The summed E-state index contributed by atoms with van der Waals surface area (Å²) in [7, 11) is 0. The quantitative estimate of drug-likeness (QED) is 0.429. The lowest BCUT2D eigenvalue weighted by Gasteiger charge is -2.32. The topological polar surface area (TPSA) is 24.3 Å². The molecule has 1 aromatic heterocycles. The van der Waals surface area contributed by atoms with Crippen molar-refractivity contribution in [3.05, 3.63) is 39.7 Å². The fraction of sp³-hybridized carbons (Fsp3) is 0.591. The van der Waals surface area contributed by atoms with Crippen molar-refractivity contribution < 1.29 is 26.3 Å². The van der Waals surface area contributed by atoms with Crippen molar-refractivity contribution >= 4 is 23.2 Å². The molecule has 2 heterocycles. The highest BCUT2D eigenvalue weighted by atomic mass is 35.5. The summed E-state index contributed by atoms with van der Waals surface area (Å²) >= 11 is 6.46. The van der Waals surface area contributed by atoms with Crippen molar-refractivity contribution in [2.24, 2.45) is 5.92 Å². The fourth-order valence-corrected chi connectivity index (χ4v) is 4.99. The third kappa shape index (κ3) is 5.42. The van der Waals surface area contributed by atoms with E-state index in [9.17, 15) is 26.3 Å². The summed E-state index contributed by atoms with van der Waals surface area (Å²) in [5.41, 5.74) is 0.917. The Bertz CT molecular complexity index is 1000. The summed E-state index contributed by atoms with van der Waals surface area (Å²) in [5, 5.41) is 0.395. The summed E-state index contributed by atoms with van der Waals surface area (Å²) in [4.78, 5) is 6.64. The molecule has 1 aromatic carbocycles. The molecule has 0 radical (unpaired) electrons. The summed E-state index contributed by atoms with van der Waals surface area (Å²) in [6.45, 7) is 2.74. The number of halogens is 7. The van der Waals surface area contributed by atoms with Crippen LogP contribution < -0.4 is 4.90 Å². The van der Waals surface area contributed by atoms with Crippen LogP contribution in [-0.4, -0.2) is 40.3 Å². The van der Waals surface area contributed by atoms with E-state index in [2.05, 4.69) is 4.98 Å². The lowest BCUT2D eigenvalue weighted by Crippen LogP contribution is -2.37. The van der Waals surface area contributed by atoms with Crippen molar-refractivity contribution in [1.82, 2.24) is 14.5 Å². The summed E-state index contributed by atoms with van der Waals surface area (Å²) in [6.07, 6.45) is -7.19. The average Bonchev–Trinajstić information content (AvgIpc) is 3.38. The molecule has 0 unspecified atom stereocenters. The minimum atomic E-state index is -4.79. The third-order valence-corrected chi connectivity index (χ3v) is 6.27. The lowest BCUT2D eigenvalue weighted by atomic mass is 10.1. The van der Waals surface area contributed by atoms with Gasteiger partial charge in [0.2, 0.25) is 5.95 Å². The van der Waals surface area contributed by atoms with Gasteiger partial charge in [-0.3, -0.25) is 4.90 Å². The van der Waals surface area contributed by atoms with Gasteiger partial charge in [-0.05, 0) is 56.2 Å². The van der Waals surface area contributed by atoms with Gasteiger partial charge in [-0.25, -0.2) is 4.98 Å². The number of hydrogen-bond acceptors (Lipinski definition) is 3. The minimum absolute atomic E-state index is 0.0656. The first-order valence-electron chi connectivity index (χ1n) is 10.8. The summed E-state index contributed by atoms with van der Waals surface area (Å²) < 4.78 is 82.9. The average molecular weight is 495 g/mol. The van der Waals surface area contributed by atoms with Crippen LogP contribution in [0.5, 0.6) is 0 Å². The van der Waals surface area contributed by atoms with Gasteiger partial charge in [-0.1, -0.05) is 17.7 Å². The van der Waals surface area contributed by atoms with Gasteiger partial charge in [-0.2, -0.15) is 26.3 Å². The third-order valence-electron chi connectivity index (χ3n) is 5.98. The second-order valence-electron chi connectivity index (χ2n) is 9.00. The van der Waals surface area contributed by atoms with E-state index >= 15 is 0 Å². The van der Waals surface area contributed by atoms with Crippen LogP contribution in [0.2, 0.25) is 5.02 Å². The molecule has 33 heavy (non-hydrogen) atoms. The molecule has 182 valence electrons. The summed E-state index contributed by atoms with van der Waals surface area (Å²) in [5.74, 6) is 0.159. The number of rotatable bonds is 6. The van der Waals surface area contributed by atoms with Gasteiger partial charge in [0.15, 0.2) is 5.69 Å². The van der Waals surface area contributed by atoms with Crippen molar-refractivity contribution in [2.45, 2.75) is 58.6 Å². The van der Waals surface area contributed by atoms with E-state index in [-0.39, 0.29) is 30.6 Å². The maximum absolute atomic E-state index is 14.0. The normalized spacial score (nSPS) is 17.1. The Morgan fingerprint density at radius 3 is 2.36 bits per heavy atom. The van der Waals surface area contributed by atoms with Gasteiger partial charge in [0, 0.05) is 26.2 Å². The maximum Gasteiger partial charge on any atom is 0.435 e. The largest absolute Gasteiger partial charge is 0.435 e. The van der Waals surface area contributed by atoms with E-state index in [4.69, 9.17) is 11.6 Å². The first-order chi connectivity index (χ1) is 15.3. The van der Waals surface area contributed by atoms with Gasteiger partial charge in [0.05, 0.1) is 22.9 Å². The van der Waals surface area contributed by atoms with E-state index in [1.54, 1.807) is 11.0 Å². The van der Waals surface area contributed by atoms with Crippen LogP contribution in [-0.2, 0) is 19.3 Å². The predicted octanol–water partition coefficient (Wildman–Crippen LogP) is 6.49. The number of hydrogen-bond donors (Lipinski definition) is 0. The fourth-order valence-electron chi connectivity index (χ4n) is 4.57. The van der Waals surface area contributed by atoms with Crippen LogP contribution in [0.15, 0.2) is 12.1 Å². The Kier molecular flexibility index (Phi) is 6.37. The second-order valence-corrected chi connectivity index (χ2v) is 9.41. The minimum Gasteiger partial charge on any atom is -0.312 e. The number of nitrogens with zero attached hydrogens (tertiary/aromatic N) is 4. The maximum atomic E-state index is 14.0. The molecule has 1 saturated carbocycles. The first-order valence-corrected chi connectivity index (χ1v) is 11.2. The highest BCUT2D eigenvalue weighted by Crippen LogP contribution is 2.42. The van der Waals surface area contributed by atoms with E-state index < -0.39 is 31.1 Å². The van der Waals surface area contributed by atoms with Crippen molar-refractivity contribution in [2.75, 3.05) is 24.5 Å². The van der Waals surface area contributed by atoms with Gasteiger partial charge in [0.1, 0.15) is 0 Å². The number of alkyl halides is 6. The van der Waals surface area contributed by atoms with Crippen LogP contribution in [0.3, 0.4) is 0 Å². The zero-order valence-electron chi connectivity index (χ0n) is 18.3. The number of aromatic nitrogens is 2. The zero-order valence-corrected chi connectivity index (χ0v) is 19.1. The molecular formula is C22H25ClF6N4. The second kappa shape index (κ2) is 8.69. The Labute approximate surface area is 193 Å². The van der Waals surface area contributed by atoms with E-state index in [0.29, 0.717) is 23.7 Å². The Morgan fingerprint density at radius 1 is 1.09 bits per heavy atom. The molecule has 4 nitrogen and oxygen atoms in total. The molecule has 0 bridgehead atoms. The molecule has 0 amide bonds. The van der Waals surface area contributed by atoms with Crippen LogP contribution in [0.25, 0.3) is 0 Å². The van der Waals surface area contributed by atoms with Crippen molar-refractivity contribution in [3.8, 4) is 0 Å². The Balaban J connectivity index is 1.77. The van der Waals surface area contributed by atoms with Gasteiger partial charge in [0.25, 0.3) is 0 Å². The van der Waals surface area contributed by atoms with Crippen LogP contribution in [0.1, 0.15) is 41.8 Å². The molecule has 2 aliphatic rings. The standard InChI is InChI=1S/C22H25ClF6N4/c1-13-8-14(2)18(16(23)9-13)33-7-3-6-32-17(19(22(27,28)29)30-20(32)33)11-31(10-15-4-5-15)12-21(24,25)26/h8-9,15H,3-7,10-12H2,1-2H3. The number of anilines is 2. The Morgan fingerprint density at radius 2 is 1.79 bits per heavy atom. The molecule has 4 rings (SSSR count). The van der Waals surface area contributed by atoms with Crippen LogP contribution in [0.4, 0.5) is 38.0 Å². The summed E-state index contributed by atoms with van der Waals surface area (Å²) in [6, 6.07) is 3.62. The van der Waals surface area contributed by atoms with Crippen molar-refractivity contribution in [3.63, 3.8) is 0 Å². The zero-order chi connectivity index (χ0) is 24.1. The molecule has 1 fully saturated rings. The van der Waals surface area contributed by atoms with E-state index in [1.807, 2.05) is 19.9 Å². The molecule has 0 spiro atoms. The van der Waals surface area contributed by atoms with Crippen LogP contribution >= 0.6 is 11.6 Å². The van der Waals surface area contributed by atoms with Crippen LogP contribution in [0, 0.1) is 19.8 Å². The molecule has 1 aliphatic carbocycles. The number of fused-ring (bicyclic) bond motifs is 1. The van der Waals surface area contributed by atoms with Crippen molar-refractivity contribution in [1.29, 1.82) is 0 Å². The highest BCUT2D eigenvalue weighted by Gasteiger charge is 2.42. The smallest absolute Gasteiger partial charge is 0.312 e. The number of benzene rings is 1. The molecule has 11 heteroatoms. The van der Waals surface area contributed by atoms with E-state index in [1.165, 1.54) is 4.57 Å².